The molecule has 0 saturated carbocycles. The molecule has 1 spiro atoms. The Hall–Kier alpha value is -1.91. The molecule has 4 nitrogen and oxygen atoms in total. The van der Waals surface area contributed by atoms with Gasteiger partial charge in [0, 0.05) is 22.5 Å². The van der Waals surface area contributed by atoms with Crippen molar-refractivity contribution in [3.05, 3.63) is 52.1 Å². The SMILES string of the molecule is CC(C)(C)C1=CC2(C=C(C(C)(C)C)C1=O)C(CO)OCC2c1cc(C(C)(C)C)c(O)c(C(C)(C)C)c1. The monoisotopic (exact) mass is 496 g/mol. The molecule has 0 amide bonds. The van der Waals surface area contributed by atoms with Gasteiger partial charge in [0.15, 0.2) is 5.78 Å². The lowest BCUT2D eigenvalue weighted by Gasteiger charge is -2.42. The van der Waals surface area contributed by atoms with Crippen molar-refractivity contribution in [1.29, 1.82) is 0 Å². The Morgan fingerprint density at radius 2 is 1.22 bits per heavy atom. The zero-order valence-electron chi connectivity index (χ0n) is 24.6. The molecule has 2 unspecified atom stereocenters. The topological polar surface area (TPSA) is 66.8 Å². The van der Waals surface area contributed by atoms with Gasteiger partial charge in [0.2, 0.25) is 0 Å². The number of aliphatic hydroxyl groups is 1. The van der Waals surface area contributed by atoms with Crippen molar-refractivity contribution in [2.24, 2.45) is 16.2 Å². The van der Waals surface area contributed by atoms with E-state index in [0.29, 0.717) is 12.4 Å². The fourth-order valence-electron chi connectivity index (χ4n) is 5.64. The summed E-state index contributed by atoms with van der Waals surface area (Å²) < 4.78 is 6.29. The number of ether oxygens (including phenoxy) is 1. The molecule has 0 radical (unpaired) electrons. The summed E-state index contributed by atoms with van der Waals surface area (Å²) >= 11 is 0. The summed E-state index contributed by atoms with van der Waals surface area (Å²) in [5.41, 5.74) is 2.52. The maximum absolute atomic E-state index is 13.7. The molecule has 36 heavy (non-hydrogen) atoms. The van der Waals surface area contributed by atoms with Gasteiger partial charge in [-0.25, -0.2) is 0 Å². The van der Waals surface area contributed by atoms with Crippen LogP contribution in [0.25, 0.3) is 0 Å². The van der Waals surface area contributed by atoms with Crippen molar-refractivity contribution in [3.8, 4) is 5.75 Å². The van der Waals surface area contributed by atoms with Gasteiger partial charge < -0.3 is 14.9 Å². The number of rotatable bonds is 2. The van der Waals surface area contributed by atoms with Crippen LogP contribution in [-0.4, -0.2) is 35.3 Å². The van der Waals surface area contributed by atoms with Gasteiger partial charge >= 0.3 is 0 Å². The van der Waals surface area contributed by atoms with Crippen LogP contribution < -0.4 is 0 Å². The van der Waals surface area contributed by atoms with E-state index in [1.54, 1.807) is 0 Å². The van der Waals surface area contributed by atoms with Gasteiger partial charge in [-0.2, -0.15) is 0 Å². The largest absolute Gasteiger partial charge is 0.507 e. The fraction of sp³-hybridized carbons (Fsp3) is 0.656. The molecule has 1 saturated heterocycles. The summed E-state index contributed by atoms with van der Waals surface area (Å²) in [4.78, 5) is 13.7. The Balaban J connectivity index is 2.40. The van der Waals surface area contributed by atoms with Crippen LogP contribution in [0.4, 0.5) is 0 Å². The van der Waals surface area contributed by atoms with E-state index in [9.17, 15) is 15.0 Å². The molecule has 4 heteroatoms. The minimum absolute atomic E-state index is 0.0828. The van der Waals surface area contributed by atoms with Crippen LogP contribution in [0.15, 0.2) is 35.4 Å². The number of carbonyl (C=O) groups excluding carboxylic acids is 1. The van der Waals surface area contributed by atoms with Gasteiger partial charge in [0.05, 0.1) is 19.3 Å². The third kappa shape index (κ3) is 4.96. The molecule has 1 aromatic rings. The van der Waals surface area contributed by atoms with E-state index in [2.05, 4.69) is 107 Å². The Morgan fingerprint density at radius 1 is 0.806 bits per heavy atom. The number of aliphatic hydroxyl groups excluding tert-OH is 1. The van der Waals surface area contributed by atoms with Gasteiger partial charge in [0.1, 0.15) is 5.75 Å². The normalized spacial score (nSPS) is 23.2. The average Bonchev–Trinajstić information content (AvgIpc) is 3.03. The average molecular weight is 497 g/mol. The number of Topliss-reactive ketones (excluding diaryl/α,β-unsaturated/α-hetero) is 1. The molecular weight excluding hydrogens is 448 g/mol. The second kappa shape index (κ2) is 8.84. The van der Waals surface area contributed by atoms with Gasteiger partial charge in [-0.05, 0) is 38.4 Å². The highest BCUT2D eigenvalue weighted by atomic mass is 16.5. The molecule has 0 aromatic heterocycles. The summed E-state index contributed by atoms with van der Waals surface area (Å²) in [5.74, 6) is 0.320. The fourth-order valence-corrected chi connectivity index (χ4v) is 5.64. The minimum atomic E-state index is -0.671. The quantitative estimate of drug-likeness (QED) is 0.464. The Bertz CT molecular complexity index is 1020. The van der Waals surface area contributed by atoms with Crippen molar-refractivity contribution in [2.45, 2.75) is 106 Å². The maximum atomic E-state index is 13.7. The highest BCUT2D eigenvalue weighted by Crippen LogP contribution is 2.56. The van der Waals surface area contributed by atoms with E-state index in [1.165, 1.54) is 0 Å². The number of aromatic hydroxyl groups is 1. The van der Waals surface area contributed by atoms with Gasteiger partial charge in [-0.15, -0.1) is 0 Å². The van der Waals surface area contributed by atoms with Crippen molar-refractivity contribution >= 4 is 5.78 Å². The van der Waals surface area contributed by atoms with E-state index in [-0.39, 0.29) is 40.0 Å². The van der Waals surface area contributed by atoms with Crippen molar-refractivity contribution in [2.75, 3.05) is 13.2 Å². The van der Waals surface area contributed by atoms with E-state index >= 15 is 0 Å². The van der Waals surface area contributed by atoms with Crippen molar-refractivity contribution < 1.29 is 19.7 Å². The molecule has 2 aliphatic rings. The first kappa shape index (κ1) is 28.7. The van der Waals surface area contributed by atoms with Crippen LogP contribution in [-0.2, 0) is 20.4 Å². The third-order valence-electron chi connectivity index (χ3n) is 7.84. The number of phenols is 1. The maximum Gasteiger partial charge on any atom is 0.185 e. The van der Waals surface area contributed by atoms with Crippen LogP contribution >= 0.6 is 0 Å². The zero-order valence-corrected chi connectivity index (χ0v) is 24.6. The van der Waals surface area contributed by atoms with E-state index in [1.807, 2.05) is 0 Å². The molecule has 2 atom stereocenters. The predicted octanol–water partition coefficient (Wildman–Crippen LogP) is 6.98. The number of allylic oxidation sites excluding steroid dienone is 2. The van der Waals surface area contributed by atoms with Crippen LogP contribution in [0.5, 0.6) is 5.75 Å². The Morgan fingerprint density at radius 3 is 1.56 bits per heavy atom. The molecule has 1 fully saturated rings. The molecular formula is C32H48O4. The van der Waals surface area contributed by atoms with Crippen molar-refractivity contribution in [3.63, 3.8) is 0 Å². The van der Waals surface area contributed by atoms with Crippen LogP contribution in [0.1, 0.15) is 106 Å². The predicted molar refractivity (Wildman–Crippen MR) is 148 cm³/mol. The zero-order chi connectivity index (χ0) is 27.6. The molecule has 1 aromatic carbocycles. The summed E-state index contributed by atoms with van der Waals surface area (Å²) in [7, 11) is 0. The number of hydrogen-bond acceptors (Lipinski definition) is 4. The highest BCUT2D eigenvalue weighted by Gasteiger charge is 2.54. The van der Waals surface area contributed by atoms with Crippen LogP contribution in [0.2, 0.25) is 0 Å². The van der Waals surface area contributed by atoms with E-state index in [4.69, 9.17) is 4.74 Å². The molecule has 2 N–H and O–H groups in total. The van der Waals surface area contributed by atoms with Gasteiger partial charge in [-0.1, -0.05) is 107 Å². The number of ketones is 1. The first-order valence-corrected chi connectivity index (χ1v) is 13.3. The van der Waals surface area contributed by atoms with Gasteiger partial charge in [-0.3, -0.25) is 4.79 Å². The Kier molecular flexibility index (Phi) is 7.04. The second-order valence-electron chi connectivity index (χ2n) is 15.0. The molecule has 1 aliphatic heterocycles. The third-order valence-corrected chi connectivity index (χ3v) is 7.84. The molecule has 0 bridgehead atoms. The second-order valence-corrected chi connectivity index (χ2v) is 15.0. The summed E-state index contributed by atoms with van der Waals surface area (Å²) in [6.45, 7) is 25.4. The lowest BCUT2D eigenvalue weighted by atomic mass is 9.60. The Labute approximate surface area is 218 Å². The van der Waals surface area contributed by atoms with Gasteiger partial charge in [0.25, 0.3) is 0 Å². The first-order chi connectivity index (χ1) is 16.1. The lowest BCUT2D eigenvalue weighted by molar-refractivity contribution is -0.114. The minimum Gasteiger partial charge on any atom is -0.507 e. The summed E-state index contributed by atoms with van der Waals surface area (Å²) in [5, 5.41) is 21.8. The molecule has 1 aliphatic carbocycles. The molecule has 1 heterocycles. The lowest BCUT2D eigenvalue weighted by Crippen LogP contribution is -2.41. The summed E-state index contributed by atoms with van der Waals surface area (Å²) in [6, 6.07) is 4.23. The summed E-state index contributed by atoms with van der Waals surface area (Å²) in [6.07, 6.45) is 3.74. The molecule has 3 rings (SSSR count). The van der Waals surface area contributed by atoms with Crippen LogP contribution in [0, 0.1) is 16.2 Å². The standard InChI is InChI=1S/C32H48O4/c1-28(2,3)20-13-19(14-21(26(20)34)29(4,5)6)24-18-36-25(17-33)32(24)15-22(30(7,8)9)27(35)23(16-32)31(10,11)12/h13-16,24-25,33-34H,17-18H2,1-12H3. The first-order valence-electron chi connectivity index (χ1n) is 13.3. The number of carbonyl (C=O) groups is 1. The smallest absolute Gasteiger partial charge is 0.185 e. The highest BCUT2D eigenvalue weighted by molar-refractivity contribution is 6.11. The van der Waals surface area contributed by atoms with E-state index in [0.717, 1.165) is 27.8 Å². The number of hydrogen-bond donors (Lipinski definition) is 2. The number of benzene rings is 1. The van der Waals surface area contributed by atoms with Crippen LogP contribution in [0.3, 0.4) is 0 Å². The van der Waals surface area contributed by atoms with Crippen molar-refractivity contribution in [1.82, 2.24) is 0 Å². The molecule has 200 valence electrons. The number of phenolic OH excluding ortho intramolecular Hbond substituents is 1. The van der Waals surface area contributed by atoms with E-state index < -0.39 is 11.5 Å².